The molecule has 1 atom stereocenters. The van der Waals surface area contributed by atoms with Crippen LogP contribution in [0.2, 0.25) is 5.02 Å². The topological polar surface area (TPSA) is 56.7 Å². The van der Waals surface area contributed by atoms with Crippen molar-refractivity contribution in [3.05, 3.63) is 47.0 Å². The molecule has 0 bridgehead atoms. The normalized spacial score (nSPS) is 12.6. The molecule has 1 unspecified atom stereocenters. The lowest BCUT2D eigenvalue weighted by Gasteiger charge is -2.12. The molecule has 2 rings (SSSR count). The summed E-state index contributed by atoms with van der Waals surface area (Å²) in [7, 11) is 1.85. The van der Waals surface area contributed by atoms with Gasteiger partial charge in [0.15, 0.2) is 0 Å². The van der Waals surface area contributed by atoms with Crippen LogP contribution >= 0.6 is 11.6 Å². The zero-order valence-corrected chi connectivity index (χ0v) is 10.4. The van der Waals surface area contributed by atoms with Crippen LogP contribution in [-0.2, 0) is 13.5 Å². The van der Waals surface area contributed by atoms with Gasteiger partial charge >= 0.3 is 0 Å². The smallest absolute Gasteiger partial charge is 0.0833 e. The van der Waals surface area contributed by atoms with Gasteiger partial charge in [0.2, 0.25) is 0 Å². The van der Waals surface area contributed by atoms with E-state index in [2.05, 4.69) is 10.1 Å². The zero-order chi connectivity index (χ0) is 12.3. The van der Waals surface area contributed by atoms with Crippen LogP contribution in [0, 0.1) is 0 Å². The molecule has 4 nitrogen and oxygen atoms in total. The molecule has 0 aliphatic carbocycles. The second-order valence-corrected chi connectivity index (χ2v) is 4.37. The molecule has 0 amide bonds. The predicted molar refractivity (Wildman–Crippen MR) is 67.7 cm³/mol. The Morgan fingerprint density at radius 3 is 2.88 bits per heavy atom. The number of aryl methyl sites for hydroxylation is 2. The lowest BCUT2D eigenvalue weighted by Crippen LogP contribution is -2.16. The van der Waals surface area contributed by atoms with Crippen LogP contribution in [0.25, 0.3) is 0 Å². The van der Waals surface area contributed by atoms with E-state index in [0.717, 1.165) is 24.2 Å². The zero-order valence-electron chi connectivity index (χ0n) is 9.68. The second kappa shape index (κ2) is 5.29. The minimum atomic E-state index is -0.114. The predicted octanol–water partition coefficient (Wildman–Crippen LogP) is 2.10. The van der Waals surface area contributed by atoms with Crippen molar-refractivity contribution in [1.82, 2.24) is 14.8 Å². The summed E-state index contributed by atoms with van der Waals surface area (Å²) in [5, 5.41) is 4.71. The van der Waals surface area contributed by atoms with Crippen molar-refractivity contribution in [2.45, 2.75) is 18.9 Å². The molecule has 5 heteroatoms. The van der Waals surface area contributed by atoms with E-state index in [0.29, 0.717) is 5.02 Å². The van der Waals surface area contributed by atoms with Gasteiger partial charge in [-0.2, -0.15) is 5.10 Å². The number of aromatic nitrogens is 3. The first kappa shape index (κ1) is 12.1. The lowest BCUT2D eigenvalue weighted by atomic mass is 10.1. The summed E-state index contributed by atoms with van der Waals surface area (Å²) in [5.41, 5.74) is 8.04. The van der Waals surface area contributed by atoms with E-state index >= 15 is 0 Å². The van der Waals surface area contributed by atoms with E-state index in [9.17, 15) is 0 Å². The van der Waals surface area contributed by atoms with Crippen molar-refractivity contribution in [2.75, 3.05) is 0 Å². The summed E-state index contributed by atoms with van der Waals surface area (Å²) in [6, 6.07) is 5.76. The van der Waals surface area contributed by atoms with E-state index in [1.807, 2.05) is 25.2 Å². The number of nitrogens with two attached hydrogens (primary N) is 1. The molecule has 17 heavy (non-hydrogen) atoms. The molecule has 0 saturated carbocycles. The number of nitrogens with zero attached hydrogens (tertiary/aromatic N) is 3. The maximum absolute atomic E-state index is 6.12. The summed E-state index contributed by atoms with van der Waals surface area (Å²) < 4.78 is 1.73. The fourth-order valence-electron chi connectivity index (χ4n) is 1.82. The maximum Gasteiger partial charge on any atom is 0.0833 e. The van der Waals surface area contributed by atoms with Crippen molar-refractivity contribution in [1.29, 1.82) is 0 Å². The third-order valence-corrected chi connectivity index (χ3v) is 3.02. The van der Waals surface area contributed by atoms with Crippen LogP contribution in [0.4, 0.5) is 0 Å². The van der Waals surface area contributed by atoms with Gasteiger partial charge < -0.3 is 5.73 Å². The van der Waals surface area contributed by atoms with Gasteiger partial charge in [0.05, 0.1) is 16.9 Å². The van der Waals surface area contributed by atoms with Gasteiger partial charge in [-0.1, -0.05) is 17.7 Å². The number of rotatable bonds is 4. The quantitative estimate of drug-likeness (QED) is 0.904. The number of hydrogen-bond donors (Lipinski definition) is 1. The van der Waals surface area contributed by atoms with E-state index < -0.39 is 0 Å². The molecule has 0 aromatic carbocycles. The first-order chi connectivity index (χ1) is 8.18. The first-order valence-electron chi connectivity index (χ1n) is 5.51. The Balaban J connectivity index is 2.01. The van der Waals surface area contributed by atoms with Gasteiger partial charge in [0.1, 0.15) is 0 Å². The van der Waals surface area contributed by atoms with Gasteiger partial charge in [-0.3, -0.25) is 9.67 Å². The Hall–Kier alpha value is -1.39. The molecule has 0 aliphatic rings. The highest BCUT2D eigenvalue weighted by atomic mass is 35.5. The molecule has 0 fully saturated rings. The Morgan fingerprint density at radius 2 is 2.29 bits per heavy atom. The molecule has 0 saturated heterocycles. The van der Waals surface area contributed by atoms with Crippen LogP contribution in [0.1, 0.15) is 23.9 Å². The highest BCUT2D eigenvalue weighted by Gasteiger charge is 2.15. The van der Waals surface area contributed by atoms with Gasteiger partial charge in [-0.15, -0.1) is 0 Å². The minimum Gasteiger partial charge on any atom is -0.323 e. The molecular formula is C12H15ClN4. The fourth-order valence-corrected chi connectivity index (χ4v) is 2.13. The molecule has 2 aromatic heterocycles. The summed E-state index contributed by atoms with van der Waals surface area (Å²) in [6.07, 6.45) is 5.05. The van der Waals surface area contributed by atoms with Crippen molar-refractivity contribution in [3.63, 3.8) is 0 Å². The highest BCUT2D eigenvalue weighted by molar-refractivity contribution is 6.31. The standard InChI is InChI=1S/C12H15ClN4/c1-17-12(10(13)8-16-17)11(14)6-5-9-4-2-3-7-15-9/h2-4,7-8,11H,5-6,14H2,1H3. The lowest BCUT2D eigenvalue weighted by molar-refractivity contribution is 0.578. The molecular weight excluding hydrogens is 236 g/mol. The number of hydrogen-bond acceptors (Lipinski definition) is 3. The van der Waals surface area contributed by atoms with Crippen LogP contribution < -0.4 is 5.73 Å². The Morgan fingerprint density at radius 1 is 1.47 bits per heavy atom. The monoisotopic (exact) mass is 250 g/mol. The van der Waals surface area contributed by atoms with Gasteiger partial charge in [0.25, 0.3) is 0 Å². The van der Waals surface area contributed by atoms with Gasteiger partial charge in [-0.25, -0.2) is 0 Å². The number of pyridine rings is 1. The molecule has 0 radical (unpaired) electrons. The van der Waals surface area contributed by atoms with Crippen molar-refractivity contribution in [3.8, 4) is 0 Å². The average molecular weight is 251 g/mol. The fraction of sp³-hybridized carbons (Fsp3) is 0.333. The Labute approximate surface area is 105 Å². The third kappa shape index (κ3) is 2.84. The summed E-state index contributed by atoms with van der Waals surface area (Å²) >= 11 is 6.04. The average Bonchev–Trinajstić information content (AvgIpc) is 2.67. The van der Waals surface area contributed by atoms with Crippen LogP contribution in [-0.4, -0.2) is 14.8 Å². The van der Waals surface area contributed by atoms with Crippen LogP contribution in [0.3, 0.4) is 0 Å². The molecule has 90 valence electrons. The molecule has 2 N–H and O–H groups in total. The maximum atomic E-state index is 6.12. The highest BCUT2D eigenvalue weighted by Crippen LogP contribution is 2.23. The van der Waals surface area contributed by atoms with E-state index in [1.165, 1.54) is 0 Å². The van der Waals surface area contributed by atoms with Gasteiger partial charge in [0, 0.05) is 25.0 Å². The van der Waals surface area contributed by atoms with Crippen molar-refractivity contribution >= 4 is 11.6 Å². The molecule has 2 aromatic rings. The summed E-state index contributed by atoms with van der Waals surface area (Å²) in [4.78, 5) is 4.27. The molecule has 0 aliphatic heterocycles. The van der Waals surface area contributed by atoms with Gasteiger partial charge in [-0.05, 0) is 25.0 Å². The summed E-state index contributed by atoms with van der Waals surface area (Å²) in [6.45, 7) is 0. The first-order valence-corrected chi connectivity index (χ1v) is 5.89. The van der Waals surface area contributed by atoms with Crippen LogP contribution in [0.5, 0.6) is 0 Å². The largest absolute Gasteiger partial charge is 0.323 e. The molecule has 0 spiro atoms. The molecule has 2 heterocycles. The van der Waals surface area contributed by atoms with E-state index in [-0.39, 0.29) is 6.04 Å². The summed E-state index contributed by atoms with van der Waals surface area (Å²) in [5.74, 6) is 0. The van der Waals surface area contributed by atoms with E-state index in [1.54, 1.807) is 17.1 Å². The minimum absolute atomic E-state index is 0.114. The van der Waals surface area contributed by atoms with Crippen LogP contribution in [0.15, 0.2) is 30.6 Å². The Bertz CT molecular complexity index is 461. The number of halogens is 1. The van der Waals surface area contributed by atoms with E-state index in [4.69, 9.17) is 17.3 Å². The third-order valence-electron chi connectivity index (χ3n) is 2.73. The van der Waals surface area contributed by atoms with Crippen molar-refractivity contribution in [2.24, 2.45) is 12.8 Å². The SMILES string of the molecule is Cn1ncc(Cl)c1C(N)CCc1ccccn1. The van der Waals surface area contributed by atoms with Crippen molar-refractivity contribution < 1.29 is 0 Å². The Kier molecular flexibility index (Phi) is 3.76. The second-order valence-electron chi connectivity index (χ2n) is 3.97.